The zero-order chi connectivity index (χ0) is 15.6. The maximum absolute atomic E-state index is 6.13. The van der Waals surface area contributed by atoms with Crippen molar-refractivity contribution < 1.29 is 9.05 Å². The largest absolute Gasteiger partial charge is 0.432 e. The molecule has 2 rings (SSSR count). The highest BCUT2D eigenvalue weighted by molar-refractivity contribution is 8.09. The number of aryl methyl sites for hydroxylation is 1. The summed E-state index contributed by atoms with van der Waals surface area (Å²) < 4.78 is 12.0. The molecule has 1 aromatic carbocycles. The smallest absolute Gasteiger partial charge is 0.313 e. The predicted octanol–water partition coefficient (Wildman–Crippen LogP) is 4.76. The molecule has 0 amide bonds. The molecule has 0 radical (unpaired) electrons. The maximum Gasteiger partial charge on any atom is 0.313 e. The molecule has 0 aliphatic carbocycles. The van der Waals surface area contributed by atoms with Crippen LogP contribution in [0.3, 0.4) is 0 Å². The van der Waals surface area contributed by atoms with Crippen molar-refractivity contribution in [3.8, 4) is 5.75 Å². The average Bonchev–Trinajstić information content (AvgIpc) is 2.82. The van der Waals surface area contributed by atoms with E-state index < -0.39 is 6.64 Å². The first kappa shape index (κ1) is 17.0. The molecular weight excluding hydrogens is 301 g/mol. The molecule has 1 N–H and O–H groups in total. The van der Waals surface area contributed by atoms with Crippen molar-refractivity contribution >= 4 is 18.4 Å². The Balaban J connectivity index is 2.17. The zero-order valence-electron chi connectivity index (χ0n) is 13.6. The van der Waals surface area contributed by atoms with Crippen LogP contribution in [-0.2, 0) is 16.3 Å². The molecule has 3 atom stereocenters. The lowest BCUT2D eigenvalue weighted by atomic mass is 10.0. The second-order valence-electron chi connectivity index (χ2n) is 6.20. The molecule has 1 fully saturated rings. The van der Waals surface area contributed by atoms with E-state index in [1.54, 1.807) is 0 Å². The van der Waals surface area contributed by atoms with Gasteiger partial charge in [-0.05, 0) is 42.2 Å². The first-order chi connectivity index (χ1) is 9.84. The summed E-state index contributed by atoms with van der Waals surface area (Å²) in [4.78, 5) is 0. The highest BCUT2D eigenvalue weighted by Crippen LogP contribution is 2.51. The van der Waals surface area contributed by atoms with Crippen LogP contribution in [0.25, 0.3) is 0 Å². The average molecular weight is 327 g/mol. The van der Waals surface area contributed by atoms with Crippen molar-refractivity contribution in [1.82, 2.24) is 5.09 Å². The molecule has 1 aliphatic heterocycles. The topological polar surface area (TPSA) is 30.5 Å². The summed E-state index contributed by atoms with van der Waals surface area (Å²) in [6.07, 6.45) is 1.11. The molecule has 0 spiro atoms. The van der Waals surface area contributed by atoms with Crippen molar-refractivity contribution in [3.63, 3.8) is 0 Å². The van der Waals surface area contributed by atoms with Gasteiger partial charge in [-0.2, -0.15) is 0 Å². The molecule has 0 bridgehead atoms. The van der Waals surface area contributed by atoms with Gasteiger partial charge in [-0.3, -0.25) is 0 Å². The van der Waals surface area contributed by atoms with Gasteiger partial charge in [-0.1, -0.05) is 51.8 Å². The molecular formula is C16H26NO2PS. The molecule has 5 heteroatoms. The lowest BCUT2D eigenvalue weighted by Gasteiger charge is -2.22. The molecule has 118 valence electrons. The Bertz CT molecular complexity index is 547. The van der Waals surface area contributed by atoms with Gasteiger partial charge in [0.05, 0.1) is 6.61 Å². The Labute approximate surface area is 133 Å². The van der Waals surface area contributed by atoms with Gasteiger partial charge in [-0.15, -0.1) is 0 Å². The van der Waals surface area contributed by atoms with Crippen molar-refractivity contribution in [2.45, 2.75) is 53.0 Å². The molecule has 21 heavy (non-hydrogen) atoms. The van der Waals surface area contributed by atoms with Crippen molar-refractivity contribution in [2.75, 3.05) is 6.61 Å². The van der Waals surface area contributed by atoms with Crippen LogP contribution in [0.4, 0.5) is 0 Å². The summed E-state index contributed by atoms with van der Waals surface area (Å²) in [6.45, 7) is 9.07. The maximum atomic E-state index is 6.13. The van der Waals surface area contributed by atoms with Crippen molar-refractivity contribution in [3.05, 3.63) is 29.3 Å². The van der Waals surface area contributed by atoms with E-state index in [1.165, 1.54) is 11.1 Å². The van der Waals surface area contributed by atoms with E-state index in [-0.39, 0.29) is 0 Å². The zero-order valence-corrected chi connectivity index (χ0v) is 15.3. The van der Waals surface area contributed by atoms with E-state index in [0.29, 0.717) is 24.5 Å². The highest BCUT2D eigenvalue weighted by Gasteiger charge is 2.36. The number of rotatable bonds is 5. The quantitative estimate of drug-likeness (QED) is 0.790. The van der Waals surface area contributed by atoms with Crippen LogP contribution < -0.4 is 9.61 Å². The SMILES string of the molecule is CC[C@H](C)[C@H]1COP(=S)(Oc2ccc(C)cc2C(C)C)N1. The number of benzene rings is 1. The van der Waals surface area contributed by atoms with Gasteiger partial charge in [0.15, 0.2) is 0 Å². The fourth-order valence-electron chi connectivity index (χ4n) is 2.42. The fourth-order valence-corrected chi connectivity index (χ4v) is 4.94. The minimum absolute atomic E-state index is 0.300. The monoisotopic (exact) mass is 327 g/mol. The third-order valence-electron chi connectivity index (χ3n) is 4.08. The molecule has 1 unspecified atom stereocenters. The van der Waals surface area contributed by atoms with Gasteiger partial charge in [0, 0.05) is 6.04 Å². The Morgan fingerprint density at radius 3 is 2.76 bits per heavy atom. The van der Waals surface area contributed by atoms with Gasteiger partial charge < -0.3 is 9.05 Å². The minimum Gasteiger partial charge on any atom is -0.432 e. The lowest BCUT2D eigenvalue weighted by molar-refractivity contribution is 0.295. The Morgan fingerprint density at radius 1 is 1.43 bits per heavy atom. The van der Waals surface area contributed by atoms with Crippen LogP contribution in [-0.4, -0.2) is 12.6 Å². The first-order valence-electron chi connectivity index (χ1n) is 7.67. The predicted molar refractivity (Wildman–Crippen MR) is 92.5 cm³/mol. The number of hydrogen-bond donors (Lipinski definition) is 1. The van der Waals surface area contributed by atoms with Crippen LogP contribution in [0, 0.1) is 12.8 Å². The minimum atomic E-state index is -2.41. The summed E-state index contributed by atoms with van der Waals surface area (Å²) in [5.74, 6) is 1.80. The Hall–Kier alpha value is -0.410. The summed E-state index contributed by atoms with van der Waals surface area (Å²) in [6, 6.07) is 6.54. The molecule has 1 aliphatic rings. The van der Waals surface area contributed by atoms with Crippen LogP contribution in [0.1, 0.15) is 51.2 Å². The van der Waals surface area contributed by atoms with Gasteiger partial charge in [0.25, 0.3) is 0 Å². The molecule has 3 nitrogen and oxygen atoms in total. The molecule has 1 heterocycles. The van der Waals surface area contributed by atoms with E-state index in [2.05, 4.69) is 51.8 Å². The number of hydrogen-bond acceptors (Lipinski definition) is 3. The standard InChI is InChI=1S/C16H26NO2PS/c1-6-13(5)15-10-18-20(21,17-15)19-16-8-7-12(4)9-14(16)11(2)3/h7-9,11,13,15H,6,10H2,1-5H3,(H,17,21)/t13-,15+,20?/m0/s1. The van der Waals surface area contributed by atoms with Crippen LogP contribution in [0.5, 0.6) is 5.75 Å². The molecule has 1 aromatic rings. The Morgan fingerprint density at radius 2 is 2.14 bits per heavy atom. The first-order valence-corrected chi connectivity index (χ1v) is 10.3. The lowest BCUT2D eigenvalue weighted by Crippen LogP contribution is -2.29. The molecule has 0 saturated carbocycles. The van der Waals surface area contributed by atoms with Crippen LogP contribution in [0.15, 0.2) is 18.2 Å². The summed E-state index contributed by atoms with van der Waals surface area (Å²) in [7, 11) is 0. The molecule has 1 saturated heterocycles. The van der Waals surface area contributed by atoms with E-state index in [4.69, 9.17) is 20.9 Å². The van der Waals surface area contributed by atoms with Crippen molar-refractivity contribution in [2.24, 2.45) is 5.92 Å². The third kappa shape index (κ3) is 4.07. The second kappa shape index (κ2) is 6.78. The van der Waals surface area contributed by atoms with Crippen LogP contribution in [0.2, 0.25) is 0 Å². The van der Waals surface area contributed by atoms with Crippen molar-refractivity contribution in [1.29, 1.82) is 0 Å². The van der Waals surface area contributed by atoms with Crippen LogP contribution >= 0.6 is 6.64 Å². The number of nitrogens with one attached hydrogen (secondary N) is 1. The second-order valence-corrected chi connectivity index (χ2v) is 9.34. The van der Waals surface area contributed by atoms with E-state index in [1.807, 2.05) is 6.07 Å². The Kier molecular flexibility index (Phi) is 5.48. The summed E-state index contributed by atoms with van der Waals surface area (Å²) in [5, 5.41) is 3.43. The third-order valence-corrected chi connectivity index (χ3v) is 6.51. The summed E-state index contributed by atoms with van der Waals surface area (Å²) >= 11 is 5.63. The molecule has 0 aromatic heterocycles. The van der Waals surface area contributed by atoms with Gasteiger partial charge in [0.2, 0.25) is 0 Å². The van der Waals surface area contributed by atoms with E-state index in [0.717, 1.165) is 12.2 Å². The summed E-state index contributed by atoms with van der Waals surface area (Å²) in [5.41, 5.74) is 2.43. The van der Waals surface area contributed by atoms with Gasteiger partial charge in [-0.25, -0.2) is 5.09 Å². The van der Waals surface area contributed by atoms with E-state index >= 15 is 0 Å². The fraction of sp³-hybridized carbons (Fsp3) is 0.625. The van der Waals surface area contributed by atoms with Gasteiger partial charge in [0.1, 0.15) is 5.75 Å². The van der Waals surface area contributed by atoms with Gasteiger partial charge >= 0.3 is 6.64 Å². The van der Waals surface area contributed by atoms with E-state index in [9.17, 15) is 0 Å². The normalized spacial score (nSPS) is 27.0. The highest BCUT2D eigenvalue weighted by atomic mass is 32.5.